The summed E-state index contributed by atoms with van der Waals surface area (Å²) >= 11 is 3.14. The van der Waals surface area contributed by atoms with Gasteiger partial charge in [0.05, 0.1) is 26.1 Å². The number of azo groups is 1. The summed E-state index contributed by atoms with van der Waals surface area (Å²) in [7, 11) is 0. The van der Waals surface area contributed by atoms with E-state index in [-0.39, 0.29) is 10.2 Å². The van der Waals surface area contributed by atoms with E-state index < -0.39 is 21.2 Å². The van der Waals surface area contributed by atoms with Crippen molar-refractivity contribution in [1.29, 1.82) is 0 Å². The molecular weight excluding hydrogens is 442 g/mol. The van der Waals surface area contributed by atoms with Gasteiger partial charge in [0.2, 0.25) is 0 Å². The Kier molecular flexibility index (Phi) is 7.77. The van der Waals surface area contributed by atoms with Crippen molar-refractivity contribution >= 4 is 44.4 Å². The average molecular weight is 464 g/mol. The minimum Gasteiger partial charge on any atom is -0.372 e. The number of anilines is 1. The number of halogens is 1. The van der Waals surface area contributed by atoms with E-state index in [1.807, 2.05) is 12.1 Å². The number of aryl methyl sites for hydroxylation is 1. The standard InChI is InChI=1S/C19H22BrN5O4/c1-4-7-13-10-14(23(5-2)6-3)8-9-17(13)21-22-19-16(20)11-15(24(26)27)12-18(19)25(28)29/h8-12H,4-7H2,1-3H3. The summed E-state index contributed by atoms with van der Waals surface area (Å²) in [5.41, 5.74) is 1.75. The van der Waals surface area contributed by atoms with E-state index in [0.717, 1.165) is 43.2 Å². The summed E-state index contributed by atoms with van der Waals surface area (Å²) in [6.45, 7) is 7.99. The molecule has 9 nitrogen and oxygen atoms in total. The Morgan fingerprint density at radius 3 is 2.24 bits per heavy atom. The molecule has 10 heteroatoms. The second-order valence-electron chi connectivity index (χ2n) is 6.24. The van der Waals surface area contributed by atoms with Gasteiger partial charge in [-0.15, -0.1) is 10.2 Å². The van der Waals surface area contributed by atoms with E-state index >= 15 is 0 Å². The van der Waals surface area contributed by atoms with E-state index in [1.54, 1.807) is 0 Å². The zero-order valence-corrected chi connectivity index (χ0v) is 18.0. The van der Waals surface area contributed by atoms with Gasteiger partial charge in [-0.3, -0.25) is 20.2 Å². The fourth-order valence-corrected chi connectivity index (χ4v) is 3.46. The highest BCUT2D eigenvalue weighted by Gasteiger charge is 2.23. The maximum Gasteiger partial charge on any atom is 0.304 e. The van der Waals surface area contributed by atoms with Crippen molar-refractivity contribution < 1.29 is 9.85 Å². The molecule has 2 rings (SSSR count). The van der Waals surface area contributed by atoms with Crippen LogP contribution in [0, 0.1) is 20.2 Å². The van der Waals surface area contributed by atoms with Gasteiger partial charge in [0.15, 0.2) is 5.69 Å². The van der Waals surface area contributed by atoms with Crippen molar-refractivity contribution in [3.05, 3.63) is 60.6 Å². The zero-order valence-electron chi connectivity index (χ0n) is 16.5. The molecule has 0 heterocycles. The first-order chi connectivity index (χ1) is 13.8. The number of nitro groups is 2. The van der Waals surface area contributed by atoms with Crippen LogP contribution in [0.1, 0.15) is 32.8 Å². The van der Waals surface area contributed by atoms with E-state index in [9.17, 15) is 20.2 Å². The molecular formula is C19H22BrN5O4. The van der Waals surface area contributed by atoms with Gasteiger partial charge in [-0.05, 0) is 60.0 Å². The highest BCUT2D eigenvalue weighted by atomic mass is 79.9. The molecule has 0 atom stereocenters. The van der Waals surface area contributed by atoms with Gasteiger partial charge in [0.1, 0.15) is 0 Å². The number of hydrogen-bond donors (Lipinski definition) is 0. The maximum absolute atomic E-state index is 11.4. The third kappa shape index (κ3) is 5.35. The Bertz CT molecular complexity index is 944. The van der Waals surface area contributed by atoms with E-state index in [1.165, 1.54) is 6.07 Å². The van der Waals surface area contributed by atoms with Crippen molar-refractivity contribution in [2.24, 2.45) is 10.2 Å². The quantitative estimate of drug-likeness (QED) is 0.239. The minimum absolute atomic E-state index is 0.0594. The number of benzene rings is 2. The lowest BCUT2D eigenvalue weighted by Crippen LogP contribution is -2.21. The fraction of sp³-hybridized carbons (Fsp3) is 0.368. The third-order valence-corrected chi connectivity index (χ3v) is 5.01. The van der Waals surface area contributed by atoms with Crippen molar-refractivity contribution in [2.45, 2.75) is 33.6 Å². The van der Waals surface area contributed by atoms with E-state index in [0.29, 0.717) is 5.69 Å². The van der Waals surface area contributed by atoms with Crippen LogP contribution in [0.3, 0.4) is 0 Å². The molecule has 0 N–H and O–H groups in total. The number of hydrogen-bond acceptors (Lipinski definition) is 7. The molecule has 0 saturated heterocycles. The van der Waals surface area contributed by atoms with Crippen molar-refractivity contribution in [3.8, 4) is 0 Å². The van der Waals surface area contributed by atoms with Gasteiger partial charge in [-0.1, -0.05) is 13.3 Å². The van der Waals surface area contributed by atoms with E-state index in [2.05, 4.69) is 57.9 Å². The second kappa shape index (κ2) is 10.1. The molecule has 0 amide bonds. The smallest absolute Gasteiger partial charge is 0.304 e. The molecule has 29 heavy (non-hydrogen) atoms. The molecule has 0 saturated carbocycles. The summed E-state index contributed by atoms with van der Waals surface area (Å²) in [6.07, 6.45) is 1.69. The molecule has 0 aromatic heterocycles. The second-order valence-corrected chi connectivity index (χ2v) is 7.10. The topological polar surface area (TPSA) is 114 Å². The fourth-order valence-electron chi connectivity index (χ4n) is 2.94. The summed E-state index contributed by atoms with van der Waals surface area (Å²) in [6, 6.07) is 7.91. The Labute approximate surface area is 176 Å². The monoisotopic (exact) mass is 463 g/mol. The number of nitrogens with zero attached hydrogens (tertiary/aromatic N) is 5. The van der Waals surface area contributed by atoms with Crippen LogP contribution in [0.15, 0.2) is 45.0 Å². The Balaban J connectivity index is 2.50. The Hall–Kier alpha value is -2.88. The van der Waals surface area contributed by atoms with Gasteiger partial charge in [-0.25, -0.2) is 0 Å². The largest absolute Gasteiger partial charge is 0.372 e. The summed E-state index contributed by atoms with van der Waals surface area (Å²) in [5, 5.41) is 30.6. The summed E-state index contributed by atoms with van der Waals surface area (Å²) in [5.74, 6) is 0. The lowest BCUT2D eigenvalue weighted by Gasteiger charge is -2.22. The highest BCUT2D eigenvalue weighted by Crippen LogP contribution is 2.40. The molecule has 0 radical (unpaired) electrons. The summed E-state index contributed by atoms with van der Waals surface area (Å²) < 4.78 is 0.138. The van der Waals surface area contributed by atoms with Crippen LogP contribution in [0.25, 0.3) is 0 Å². The predicted molar refractivity (Wildman–Crippen MR) is 116 cm³/mol. The van der Waals surface area contributed by atoms with Crippen LogP contribution in [-0.2, 0) is 6.42 Å². The van der Waals surface area contributed by atoms with Crippen LogP contribution >= 0.6 is 15.9 Å². The van der Waals surface area contributed by atoms with Crippen LogP contribution in [0.2, 0.25) is 0 Å². The third-order valence-electron chi connectivity index (χ3n) is 4.40. The van der Waals surface area contributed by atoms with Gasteiger partial charge in [0.25, 0.3) is 5.69 Å². The zero-order chi connectivity index (χ0) is 21.6. The molecule has 0 aliphatic heterocycles. The van der Waals surface area contributed by atoms with Crippen molar-refractivity contribution in [1.82, 2.24) is 0 Å². The molecule has 0 unspecified atom stereocenters. The minimum atomic E-state index is -0.706. The molecule has 0 spiro atoms. The Morgan fingerprint density at radius 1 is 1.00 bits per heavy atom. The number of rotatable bonds is 9. The molecule has 2 aromatic rings. The van der Waals surface area contributed by atoms with Gasteiger partial charge >= 0.3 is 5.69 Å². The lowest BCUT2D eigenvalue weighted by atomic mass is 10.1. The van der Waals surface area contributed by atoms with Gasteiger partial charge in [-0.2, -0.15) is 0 Å². The van der Waals surface area contributed by atoms with E-state index in [4.69, 9.17) is 0 Å². The van der Waals surface area contributed by atoms with Gasteiger partial charge in [0, 0.05) is 24.8 Å². The number of non-ortho nitro benzene ring substituents is 1. The molecule has 0 aliphatic carbocycles. The molecule has 2 aromatic carbocycles. The molecule has 154 valence electrons. The van der Waals surface area contributed by atoms with Crippen LogP contribution < -0.4 is 4.90 Å². The summed E-state index contributed by atoms with van der Waals surface area (Å²) in [4.78, 5) is 23.2. The van der Waals surface area contributed by atoms with Crippen LogP contribution in [-0.4, -0.2) is 22.9 Å². The van der Waals surface area contributed by atoms with Gasteiger partial charge < -0.3 is 4.90 Å². The lowest BCUT2D eigenvalue weighted by molar-refractivity contribution is -0.393. The van der Waals surface area contributed by atoms with Crippen molar-refractivity contribution in [2.75, 3.05) is 18.0 Å². The Morgan fingerprint density at radius 2 is 1.69 bits per heavy atom. The maximum atomic E-state index is 11.4. The highest BCUT2D eigenvalue weighted by molar-refractivity contribution is 9.10. The van der Waals surface area contributed by atoms with Crippen LogP contribution in [0.5, 0.6) is 0 Å². The SMILES string of the molecule is CCCc1cc(N(CC)CC)ccc1N=Nc1c(Br)cc([N+](=O)[O-])cc1[N+](=O)[O-]. The first-order valence-electron chi connectivity index (χ1n) is 9.24. The predicted octanol–water partition coefficient (Wildman–Crippen LogP) is 6.48. The molecule has 0 bridgehead atoms. The van der Waals surface area contributed by atoms with Crippen LogP contribution in [0.4, 0.5) is 28.4 Å². The molecule has 0 aliphatic rings. The molecule has 0 fully saturated rings. The first kappa shape index (κ1) is 22.4. The normalized spacial score (nSPS) is 11.0. The number of nitro benzene ring substituents is 2. The average Bonchev–Trinajstić information content (AvgIpc) is 2.68. The van der Waals surface area contributed by atoms with Crippen molar-refractivity contribution in [3.63, 3.8) is 0 Å². The first-order valence-corrected chi connectivity index (χ1v) is 10.0.